The third-order valence-corrected chi connectivity index (χ3v) is 5.73. The summed E-state index contributed by atoms with van der Waals surface area (Å²) in [6.45, 7) is 1.64. The molecule has 1 saturated heterocycles. The Kier molecular flexibility index (Phi) is 3.75. The van der Waals surface area contributed by atoms with E-state index in [4.69, 9.17) is 0 Å². The molecule has 2 aliphatic heterocycles. The summed E-state index contributed by atoms with van der Waals surface area (Å²) in [5.74, 6) is 0.0854. The van der Waals surface area contributed by atoms with Crippen molar-refractivity contribution in [2.45, 2.75) is 19.3 Å². The second-order valence-corrected chi connectivity index (χ2v) is 7.79. The van der Waals surface area contributed by atoms with Gasteiger partial charge in [0.15, 0.2) is 0 Å². The fourth-order valence-electron chi connectivity index (χ4n) is 3.22. The van der Waals surface area contributed by atoms with Gasteiger partial charge in [0.1, 0.15) is 0 Å². The number of rotatable bonds is 2. The molecule has 6 heteroatoms. The molecular formula is C15H20N2O3S. The van der Waals surface area contributed by atoms with Crippen molar-refractivity contribution < 1.29 is 13.2 Å². The van der Waals surface area contributed by atoms with Crippen LogP contribution in [0.1, 0.15) is 18.4 Å². The summed E-state index contributed by atoms with van der Waals surface area (Å²) >= 11 is 0. The van der Waals surface area contributed by atoms with Gasteiger partial charge in [-0.2, -0.15) is 0 Å². The van der Waals surface area contributed by atoms with Crippen LogP contribution in [0, 0.1) is 5.92 Å². The van der Waals surface area contributed by atoms with Gasteiger partial charge in [0.25, 0.3) is 0 Å². The van der Waals surface area contributed by atoms with E-state index < -0.39 is 10.0 Å². The number of anilines is 1. The largest absolute Gasteiger partial charge is 0.312 e. The highest BCUT2D eigenvalue weighted by molar-refractivity contribution is 7.88. The van der Waals surface area contributed by atoms with Gasteiger partial charge >= 0.3 is 0 Å². The highest BCUT2D eigenvalue weighted by atomic mass is 32.2. The van der Waals surface area contributed by atoms with E-state index in [1.54, 1.807) is 0 Å². The standard InChI is InChI=1S/C15H20N2O3S/c1-21(19,20)16-9-6-13(7-10-16)15(18)17-11-8-12-4-2-3-5-14(12)17/h2-5,13H,6-11H2,1H3. The molecule has 0 aromatic heterocycles. The number of amides is 1. The first kappa shape index (κ1) is 14.5. The maximum atomic E-state index is 12.7. The molecule has 0 unspecified atom stereocenters. The lowest BCUT2D eigenvalue weighted by Gasteiger charge is -2.31. The summed E-state index contributed by atoms with van der Waals surface area (Å²) in [6, 6.07) is 8.01. The van der Waals surface area contributed by atoms with Gasteiger partial charge in [-0.1, -0.05) is 18.2 Å². The summed E-state index contributed by atoms with van der Waals surface area (Å²) < 4.78 is 24.5. The Balaban J connectivity index is 1.69. The summed E-state index contributed by atoms with van der Waals surface area (Å²) in [5, 5.41) is 0. The summed E-state index contributed by atoms with van der Waals surface area (Å²) in [4.78, 5) is 14.5. The number of hydrogen-bond acceptors (Lipinski definition) is 3. The molecule has 114 valence electrons. The molecule has 2 aliphatic rings. The van der Waals surface area contributed by atoms with Gasteiger partial charge < -0.3 is 4.90 Å². The number of benzene rings is 1. The fourth-order valence-corrected chi connectivity index (χ4v) is 4.10. The Morgan fingerprint density at radius 1 is 1.14 bits per heavy atom. The number of piperidine rings is 1. The Labute approximate surface area is 125 Å². The van der Waals surface area contributed by atoms with Crippen molar-refractivity contribution in [3.8, 4) is 0 Å². The number of carbonyl (C=O) groups is 1. The first-order chi connectivity index (χ1) is 9.97. The molecule has 1 aromatic rings. The van der Waals surface area contributed by atoms with Crippen LogP contribution in [-0.4, -0.2) is 44.5 Å². The lowest BCUT2D eigenvalue weighted by atomic mass is 9.96. The molecule has 0 spiro atoms. The second kappa shape index (κ2) is 5.42. The molecule has 1 fully saturated rings. The molecule has 5 nitrogen and oxygen atoms in total. The summed E-state index contributed by atoms with van der Waals surface area (Å²) in [5.41, 5.74) is 2.24. The molecule has 21 heavy (non-hydrogen) atoms. The average Bonchev–Trinajstić information content (AvgIpc) is 2.90. The average molecular weight is 308 g/mol. The number of fused-ring (bicyclic) bond motifs is 1. The number of hydrogen-bond donors (Lipinski definition) is 0. The Morgan fingerprint density at radius 3 is 2.48 bits per heavy atom. The van der Waals surface area contributed by atoms with E-state index in [1.165, 1.54) is 16.1 Å². The Hall–Kier alpha value is -1.40. The highest BCUT2D eigenvalue weighted by Gasteiger charge is 2.33. The van der Waals surface area contributed by atoms with Crippen LogP contribution in [0.3, 0.4) is 0 Å². The van der Waals surface area contributed by atoms with E-state index >= 15 is 0 Å². The first-order valence-corrected chi connectivity index (χ1v) is 9.16. The second-order valence-electron chi connectivity index (χ2n) is 5.80. The predicted molar refractivity (Wildman–Crippen MR) is 81.6 cm³/mol. The minimum absolute atomic E-state index is 0.0610. The normalized spacial score (nSPS) is 20.5. The van der Waals surface area contributed by atoms with Crippen molar-refractivity contribution in [2.75, 3.05) is 30.8 Å². The van der Waals surface area contributed by atoms with Crippen LogP contribution in [-0.2, 0) is 21.2 Å². The minimum atomic E-state index is -3.13. The van der Waals surface area contributed by atoms with Crippen LogP contribution in [0.25, 0.3) is 0 Å². The van der Waals surface area contributed by atoms with Gasteiger partial charge in [0.05, 0.1) is 6.26 Å². The Bertz CT molecular complexity index is 649. The van der Waals surface area contributed by atoms with E-state index in [0.29, 0.717) is 25.9 Å². The molecule has 0 radical (unpaired) electrons. The van der Waals surface area contributed by atoms with Crippen molar-refractivity contribution in [2.24, 2.45) is 5.92 Å². The van der Waals surface area contributed by atoms with Crippen LogP contribution >= 0.6 is 0 Å². The first-order valence-electron chi connectivity index (χ1n) is 7.31. The molecule has 0 saturated carbocycles. The minimum Gasteiger partial charge on any atom is -0.312 e. The van der Waals surface area contributed by atoms with Gasteiger partial charge in [-0.05, 0) is 30.9 Å². The lowest BCUT2D eigenvalue weighted by molar-refractivity contribution is -0.123. The maximum Gasteiger partial charge on any atom is 0.230 e. The topological polar surface area (TPSA) is 57.7 Å². The zero-order valence-electron chi connectivity index (χ0n) is 12.2. The van der Waals surface area contributed by atoms with E-state index in [9.17, 15) is 13.2 Å². The van der Waals surface area contributed by atoms with Crippen molar-refractivity contribution >= 4 is 21.6 Å². The van der Waals surface area contributed by atoms with Crippen LogP contribution in [0.4, 0.5) is 5.69 Å². The van der Waals surface area contributed by atoms with Gasteiger partial charge in [0, 0.05) is 31.2 Å². The van der Waals surface area contributed by atoms with Crippen LogP contribution in [0.5, 0.6) is 0 Å². The molecule has 0 atom stereocenters. The van der Waals surface area contributed by atoms with E-state index in [-0.39, 0.29) is 11.8 Å². The van der Waals surface area contributed by atoms with Gasteiger partial charge in [-0.25, -0.2) is 12.7 Å². The van der Waals surface area contributed by atoms with Crippen LogP contribution in [0.2, 0.25) is 0 Å². The lowest BCUT2D eigenvalue weighted by Crippen LogP contribution is -2.43. The molecular weight excluding hydrogens is 288 g/mol. The van der Waals surface area contributed by atoms with E-state index in [0.717, 1.165) is 18.7 Å². The van der Waals surface area contributed by atoms with Crippen LogP contribution < -0.4 is 4.90 Å². The van der Waals surface area contributed by atoms with Crippen molar-refractivity contribution in [3.63, 3.8) is 0 Å². The summed E-state index contributed by atoms with van der Waals surface area (Å²) in [6.07, 6.45) is 3.37. The third-order valence-electron chi connectivity index (χ3n) is 4.43. The molecule has 1 aromatic carbocycles. The van der Waals surface area contributed by atoms with Crippen LogP contribution in [0.15, 0.2) is 24.3 Å². The Morgan fingerprint density at radius 2 is 1.81 bits per heavy atom. The highest BCUT2D eigenvalue weighted by Crippen LogP contribution is 2.31. The van der Waals surface area contributed by atoms with Gasteiger partial charge in [0.2, 0.25) is 15.9 Å². The molecule has 0 N–H and O–H groups in total. The predicted octanol–water partition coefficient (Wildman–Crippen LogP) is 1.25. The smallest absolute Gasteiger partial charge is 0.230 e. The monoisotopic (exact) mass is 308 g/mol. The van der Waals surface area contributed by atoms with Crippen molar-refractivity contribution in [1.82, 2.24) is 4.31 Å². The van der Waals surface area contributed by atoms with Crippen molar-refractivity contribution in [3.05, 3.63) is 29.8 Å². The molecule has 3 rings (SSSR count). The van der Waals surface area contributed by atoms with E-state index in [2.05, 4.69) is 6.07 Å². The molecule has 0 aliphatic carbocycles. The molecule has 2 heterocycles. The zero-order valence-corrected chi connectivity index (χ0v) is 13.0. The third kappa shape index (κ3) is 2.82. The number of para-hydroxylation sites is 1. The SMILES string of the molecule is CS(=O)(=O)N1CCC(C(=O)N2CCc3ccccc32)CC1. The fraction of sp³-hybridized carbons (Fsp3) is 0.533. The van der Waals surface area contributed by atoms with E-state index in [1.807, 2.05) is 23.1 Å². The molecule has 0 bridgehead atoms. The van der Waals surface area contributed by atoms with Gasteiger partial charge in [-0.3, -0.25) is 4.79 Å². The van der Waals surface area contributed by atoms with Gasteiger partial charge in [-0.15, -0.1) is 0 Å². The number of sulfonamides is 1. The summed E-state index contributed by atoms with van der Waals surface area (Å²) in [7, 11) is -3.13. The maximum absolute atomic E-state index is 12.7. The number of nitrogens with zero attached hydrogens (tertiary/aromatic N) is 2. The molecule has 1 amide bonds. The zero-order chi connectivity index (χ0) is 15.0. The van der Waals surface area contributed by atoms with Crippen molar-refractivity contribution in [1.29, 1.82) is 0 Å². The quantitative estimate of drug-likeness (QED) is 0.826. The number of carbonyl (C=O) groups excluding carboxylic acids is 1.